The third-order valence-corrected chi connectivity index (χ3v) is 2.81. The Kier molecular flexibility index (Phi) is 1.46. The molecule has 0 radical (unpaired) electrons. The maximum Gasteiger partial charge on any atom is 0.0222 e. The lowest BCUT2D eigenvalue weighted by Gasteiger charge is -2.50. The van der Waals surface area contributed by atoms with Crippen LogP contribution in [0.3, 0.4) is 0 Å². The van der Waals surface area contributed by atoms with Gasteiger partial charge in [-0.05, 0) is 39.3 Å². The number of piperidine rings is 1. The molecule has 2 aliphatic heterocycles. The predicted octanol–water partition coefficient (Wildman–Crippen LogP) is 0.490. The molecule has 0 saturated carbocycles. The lowest BCUT2D eigenvalue weighted by atomic mass is 9.75. The largest absolute Gasteiger partial charge is 0.317 e. The normalized spacial score (nSPS) is 37.5. The summed E-state index contributed by atoms with van der Waals surface area (Å²) in [5.41, 5.74) is 0.560. The molecular formula is C8H16N2. The molecule has 0 aliphatic carbocycles. The van der Waals surface area contributed by atoms with Crippen LogP contribution in [0, 0.1) is 0 Å². The Bertz CT molecular complexity index is 112. The predicted molar refractivity (Wildman–Crippen MR) is 42.0 cm³/mol. The fourth-order valence-electron chi connectivity index (χ4n) is 2.34. The molecule has 2 N–H and O–H groups in total. The van der Waals surface area contributed by atoms with Crippen LogP contribution in [0.25, 0.3) is 0 Å². The standard InChI is InChI=1S/C8H16N2/c1-7-6-8(10-7)2-4-9-5-3-8/h7,9-10H,2-6H2,1H3. The summed E-state index contributed by atoms with van der Waals surface area (Å²) in [5.74, 6) is 0. The molecule has 2 fully saturated rings. The molecule has 2 heterocycles. The Balaban J connectivity index is 1.90. The molecule has 2 saturated heterocycles. The third-order valence-electron chi connectivity index (χ3n) is 2.81. The Morgan fingerprint density at radius 1 is 1.30 bits per heavy atom. The van der Waals surface area contributed by atoms with Crippen molar-refractivity contribution in [2.45, 2.75) is 37.8 Å². The molecule has 1 spiro atoms. The van der Waals surface area contributed by atoms with Crippen molar-refractivity contribution >= 4 is 0 Å². The molecule has 58 valence electrons. The summed E-state index contributed by atoms with van der Waals surface area (Å²) in [6, 6.07) is 0.776. The van der Waals surface area contributed by atoms with Gasteiger partial charge in [0, 0.05) is 11.6 Å². The average molecular weight is 140 g/mol. The zero-order valence-electron chi connectivity index (χ0n) is 6.61. The van der Waals surface area contributed by atoms with Gasteiger partial charge in [0.2, 0.25) is 0 Å². The van der Waals surface area contributed by atoms with Crippen molar-refractivity contribution in [1.82, 2.24) is 10.6 Å². The van der Waals surface area contributed by atoms with Crippen LogP contribution in [0.2, 0.25) is 0 Å². The number of hydrogen-bond donors (Lipinski definition) is 2. The highest BCUT2D eigenvalue weighted by Gasteiger charge is 2.41. The smallest absolute Gasteiger partial charge is 0.0222 e. The molecule has 1 atom stereocenters. The zero-order valence-corrected chi connectivity index (χ0v) is 6.61. The minimum absolute atomic E-state index is 0.560. The summed E-state index contributed by atoms with van der Waals surface area (Å²) in [6.45, 7) is 4.69. The van der Waals surface area contributed by atoms with Gasteiger partial charge in [0.1, 0.15) is 0 Å². The third kappa shape index (κ3) is 0.956. The minimum Gasteiger partial charge on any atom is -0.317 e. The van der Waals surface area contributed by atoms with Crippen molar-refractivity contribution in [3.05, 3.63) is 0 Å². The molecule has 2 rings (SSSR count). The van der Waals surface area contributed by atoms with Gasteiger partial charge in [-0.2, -0.15) is 0 Å². The van der Waals surface area contributed by atoms with Gasteiger partial charge in [0.05, 0.1) is 0 Å². The number of rotatable bonds is 0. The second kappa shape index (κ2) is 2.21. The first-order valence-electron chi connectivity index (χ1n) is 4.29. The van der Waals surface area contributed by atoms with Crippen molar-refractivity contribution in [2.24, 2.45) is 0 Å². The van der Waals surface area contributed by atoms with E-state index in [4.69, 9.17) is 0 Å². The molecule has 10 heavy (non-hydrogen) atoms. The van der Waals surface area contributed by atoms with Crippen molar-refractivity contribution in [1.29, 1.82) is 0 Å². The number of nitrogens with one attached hydrogen (secondary N) is 2. The Morgan fingerprint density at radius 3 is 2.40 bits per heavy atom. The second-order valence-corrected chi connectivity index (χ2v) is 3.78. The van der Waals surface area contributed by atoms with Crippen LogP contribution in [0.1, 0.15) is 26.2 Å². The van der Waals surface area contributed by atoms with Crippen molar-refractivity contribution in [3.63, 3.8) is 0 Å². The quantitative estimate of drug-likeness (QED) is 0.511. The van der Waals surface area contributed by atoms with E-state index in [1.54, 1.807) is 0 Å². The van der Waals surface area contributed by atoms with E-state index >= 15 is 0 Å². The topological polar surface area (TPSA) is 24.1 Å². The maximum atomic E-state index is 3.62. The van der Waals surface area contributed by atoms with E-state index in [0.29, 0.717) is 5.54 Å². The van der Waals surface area contributed by atoms with Crippen molar-refractivity contribution in [3.8, 4) is 0 Å². The molecular weight excluding hydrogens is 124 g/mol. The van der Waals surface area contributed by atoms with Gasteiger partial charge < -0.3 is 10.6 Å². The molecule has 0 amide bonds. The lowest BCUT2D eigenvalue weighted by molar-refractivity contribution is 0.106. The van der Waals surface area contributed by atoms with Crippen LogP contribution < -0.4 is 10.6 Å². The summed E-state index contributed by atoms with van der Waals surface area (Å²) >= 11 is 0. The van der Waals surface area contributed by atoms with E-state index in [1.807, 2.05) is 0 Å². The first-order chi connectivity index (χ1) is 4.81. The van der Waals surface area contributed by atoms with Crippen LogP contribution in [0.15, 0.2) is 0 Å². The highest BCUT2D eigenvalue weighted by molar-refractivity contribution is 5.03. The SMILES string of the molecule is CC1CC2(CCNCC2)N1. The molecule has 2 heteroatoms. The molecule has 0 aromatic carbocycles. The Labute approximate surface area is 62.4 Å². The summed E-state index contributed by atoms with van der Waals surface area (Å²) < 4.78 is 0. The first kappa shape index (κ1) is 6.62. The monoisotopic (exact) mass is 140 g/mol. The van der Waals surface area contributed by atoms with E-state index in [1.165, 1.54) is 32.4 Å². The zero-order chi connectivity index (χ0) is 7.03. The van der Waals surface area contributed by atoms with Gasteiger partial charge in [-0.3, -0.25) is 0 Å². The van der Waals surface area contributed by atoms with Gasteiger partial charge in [-0.15, -0.1) is 0 Å². The van der Waals surface area contributed by atoms with Gasteiger partial charge >= 0.3 is 0 Å². The van der Waals surface area contributed by atoms with Crippen LogP contribution in [0.5, 0.6) is 0 Å². The highest BCUT2D eigenvalue weighted by Crippen LogP contribution is 2.32. The fourth-order valence-corrected chi connectivity index (χ4v) is 2.34. The molecule has 2 nitrogen and oxygen atoms in total. The van der Waals surface area contributed by atoms with Gasteiger partial charge in [-0.1, -0.05) is 0 Å². The van der Waals surface area contributed by atoms with Crippen LogP contribution in [0.4, 0.5) is 0 Å². The van der Waals surface area contributed by atoms with Gasteiger partial charge in [0.25, 0.3) is 0 Å². The molecule has 1 unspecified atom stereocenters. The fraction of sp³-hybridized carbons (Fsp3) is 1.00. The average Bonchev–Trinajstić information content (AvgIpc) is 1.87. The van der Waals surface area contributed by atoms with Crippen molar-refractivity contribution in [2.75, 3.05) is 13.1 Å². The summed E-state index contributed by atoms with van der Waals surface area (Å²) in [7, 11) is 0. The van der Waals surface area contributed by atoms with Crippen molar-refractivity contribution < 1.29 is 0 Å². The summed E-state index contributed by atoms with van der Waals surface area (Å²) in [4.78, 5) is 0. The van der Waals surface area contributed by atoms with Crippen LogP contribution in [-0.2, 0) is 0 Å². The Morgan fingerprint density at radius 2 is 1.90 bits per heavy atom. The second-order valence-electron chi connectivity index (χ2n) is 3.78. The summed E-state index contributed by atoms with van der Waals surface area (Å²) in [5, 5.41) is 7.00. The maximum absolute atomic E-state index is 3.62. The molecule has 0 aromatic heterocycles. The first-order valence-corrected chi connectivity index (χ1v) is 4.29. The summed E-state index contributed by atoms with van der Waals surface area (Å²) in [6.07, 6.45) is 4.06. The van der Waals surface area contributed by atoms with E-state index in [2.05, 4.69) is 17.6 Å². The van der Waals surface area contributed by atoms with E-state index in [9.17, 15) is 0 Å². The highest BCUT2D eigenvalue weighted by atomic mass is 15.1. The number of hydrogen-bond acceptors (Lipinski definition) is 2. The Hall–Kier alpha value is -0.0800. The lowest BCUT2D eigenvalue weighted by Crippen LogP contribution is -2.65. The molecule has 2 aliphatic rings. The molecule has 0 bridgehead atoms. The van der Waals surface area contributed by atoms with Crippen LogP contribution in [-0.4, -0.2) is 24.7 Å². The van der Waals surface area contributed by atoms with E-state index < -0.39 is 0 Å². The van der Waals surface area contributed by atoms with E-state index in [-0.39, 0.29) is 0 Å². The minimum atomic E-state index is 0.560. The molecule has 0 aromatic rings. The van der Waals surface area contributed by atoms with E-state index in [0.717, 1.165) is 6.04 Å². The van der Waals surface area contributed by atoms with Gasteiger partial charge in [0.15, 0.2) is 0 Å². The van der Waals surface area contributed by atoms with Gasteiger partial charge in [-0.25, -0.2) is 0 Å². The van der Waals surface area contributed by atoms with Crippen LogP contribution >= 0.6 is 0 Å².